The van der Waals surface area contributed by atoms with Crippen molar-refractivity contribution in [3.63, 3.8) is 0 Å². The Morgan fingerprint density at radius 3 is 1.90 bits per heavy atom. The minimum atomic E-state index is -3.63. The van der Waals surface area contributed by atoms with E-state index in [9.17, 15) is 8.42 Å². The van der Waals surface area contributed by atoms with E-state index >= 15 is 0 Å². The molecular weight excluding hydrogens is 420 g/mol. The summed E-state index contributed by atoms with van der Waals surface area (Å²) in [5.74, 6) is 0.0515. The monoisotopic (exact) mass is 440 g/mol. The number of amidine groups is 2. The number of nitrogens with zero attached hydrogens (tertiary/aromatic N) is 1. The highest BCUT2D eigenvalue weighted by Gasteiger charge is 2.16. The Bertz CT molecular complexity index is 1260. The Hall–Kier alpha value is -4.12. The third-order valence-electron chi connectivity index (χ3n) is 3.91. The van der Waals surface area contributed by atoms with E-state index in [0.29, 0.717) is 16.9 Å². The summed E-state index contributed by atoms with van der Waals surface area (Å²) in [6, 6.07) is 16.0. The van der Waals surface area contributed by atoms with Crippen LogP contribution in [-0.2, 0) is 10.0 Å². The Morgan fingerprint density at radius 2 is 1.39 bits per heavy atom. The van der Waals surface area contributed by atoms with Gasteiger partial charge in [-0.25, -0.2) is 8.42 Å². The van der Waals surface area contributed by atoms with E-state index in [-0.39, 0.29) is 34.9 Å². The first kappa shape index (κ1) is 21.6. The van der Waals surface area contributed by atoms with Crippen LogP contribution in [0.4, 0.5) is 5.69 Å². The summed E-state index contributed by atoms with van der Waals surface area (Å²) in [6.45, 7) is 0. The average Bonchev–Trinajstić information content (AvgIpc) is 2.69. The lowest BCUT2D eigenvalue weighted by molar-refractivity contribution is 0.427. The van der Waals surface area contributed by atoms with E-state index in [1.54, 1.807) is 48.5 Å². The summed E-state index contributed by atoms with van der Waals surface area (Å²) in [4.78, 5) is 4.25. The van der Waals surface area contributed by atoms with Crippen molar-refractivity contribution in [1.82, 2.24) is 4.98 Å². The number of nitrogens with two attached hydrogens (primary N) is 2. The molecule has 2 aromatic carbocycles. The summed E-state index contributed by atoms with van der Waals surface area (Å²) in [5, 5.41) is 15.4. The molecule has 0 aliphatic rings. The quantitative estimate of drug-likeness (QED) is 0.264. The molecule has 0 aliphatic carbocycles. The molecule has 0 atom stereocenters. The van der Waals surface area contributed by atoms with Gasteiger partial charge in [-0.1, -0.05) is 24.3 Å². The van der Waals surface area contributed by atoms with E-state index < -0.39 is 10.0 Å². The van der Waals surface area contributed by atoms with E-state index in [4.69, 9.17) is 31.8 Å². The third kappa shape index (κ3) is 5.48. The molecule has 0 amide bonds. The molecule has 1 aromatic heterocycles. The van der Waals surface area contributed by atoms with Crippen molar-refractivity contribution in [2.45, 2.75) is 0 Å². The average molecular weight is 440 g/mol. The van der Waals surface area contributed by atoms with Gasteiger partial charge in [-0.05, 0) is 30.3 Å². The van der Waals surface area contributed by atoms with Crippen molar-refractivity contribution in [3.8, 4) is 23.3 Å². The summed E-state index contributed by atoms with van der Waals surface area (Å²) >= 11 is 0. The number of nitrogen functional groups attached to an aromatic ring is 2. The van der Waals surface area contributed by atoms with Crippen LogP contribution >= 0.6 is 0 Å². The second-order valence-corrected chi connectivity index (χ2v) is 8.15. The number of nitrogens with one attached hydrogen (secondary N) is 3. The largest absolute Gasteiger partial charge is 0.438 e. The number of sulfonamides is 1. The van der Waals surface area contributed by atoms with Crippen LogP contribution in [0.2, 0.25) is 0 Å². The number of anilines is 1. The lowest BCUT2D eigenvalue weighted by atomic mass is 10.2. The van der Waals surface area contributed by atoms with Crippen LogP contribution in [0.15, 0.2) is 60.7 Å². The van der Waals surface area contributed by atoms with Gasteiger partial charge in [0.25, 0.3) is 0 Å². The molecule has 0 aliphatic heterocycles. The summed E-state index contributed by atoms with van der Waals surface area (Å²) in [6.07, 6.45) is 0.994. The summed E-state index contributed by atoms with van der Waals surface area (Å²) in [5.41, 5.74) is 11.9. The molecule has 7 N–H and O–H groups in total. The van der Waals surface area contributed by atoms with Gasteiger partial charge in [0, 0.05) is 6.07 Å². The van der Waals surface area contributed by atoms with Crippen LogP contribution in [-0.4, -0.2) is 31.3 Å². The van der Waals surface area contributed by atoms with E-state index in [0.717, 1.165) is 6.26 Å². The fourth-order valence-electron chi connectivity index (χ4n) is 2.61. The minimum absolute atomic E-state index is 0.0630. The topological polar surface area (TPSA) is 177 Å². The molecule has 3 aromatic rings. The lowest BCUT2D eigenvalue weighted by Crippen LogP contribution is -2.14. The first-order valence-corrected chi connectivity index (χ1v) is 10.7. The van der Waals surface area contributed by atoms with Crippen molar-refractivity contribution in [2.75, 3.05) is 11.0 Å². The number of para-hydroxylation sites is 2. The molecule has 0 fully saturated rings. The number of pyridine rings is 1. The molecule has 160 valence electrons. The Morgan fingerprint density at radius 1 is 0.871 bits per heavy atom. The fraction of sp³-hybridized carbons (Fsp3) is 0.0500. The van der Waals surface area contributed by atoms with Crippen molar-refractivity contribution in [2.24, 2.45) is 11.5 Å². The van der Waals surface area contributed by atoms with Crippen molar-refractivity contribution in [1.29, 1.82) is 10.8 Å². The minimum Gasteiger partial charge on any atom is -0.438 e. The molecule has 31 heavy (non-hydrogen) atoms. The fourth-order valence-corrected chi connectivity index (χ4v) is 3.16. The predicted octanol–water partition coefficient (Wildman–Crippen LogP) is 2.61. The van der Waals surface area contributed by atoms with Crippen molar-refractivity contribution >= 4 is 27.4 Å². The van der Waals surface area contributed by atoms with E-state index in [1.165, 1.54) is 12.1 Å². The maximum absolute atomic E-state index is 11.8. The smallest absolute Gasteiger partial charge is 0.247 e. The number of hydrogen-bond acceptors (Lipinski definition) is 7. The van der Waals surface area contributed by atoms with Crippen LogP contribution < -0.4 is 25.7 Å². The maximum Gasteiger partial charge on any atom is 0.247 e. The molecule has 0 bridgehead atoms. The number of rotatable bonds is 8. The van der Waals surface area contributed by atoms with Gasteiger partial charge in [0.05, 0.1) is 17.4 Å². The first-order chi connectivity index (χ1) is 14.6. The molecule has 1 heterocycles. The highest BCUT2D eigenvalue weighted by Crippen LogP contribution is 2.34. The number of benzene rings is 2. The molecule has 0 saturated carbocycles. The van der Waals surface area contributed by atoms with Gasteiger partial charge >= 0.3 is 0 Å². The summed E-state index contributed by atoms with van der Waals surface area (Å²) < 4.78 is 37.4. The van der Waals surface area contributed by atoms with E-state index in [2.05, 4.69) is 9.71 Å². The maximum atomic E-state index is 11.8. The Balaban J connectivity index is 2.04. The molecular formula is C20H20N6O4S. The van der Waals surface area contributed by atoms with Crippen LogP contribution in [0, 0.1) is 10.8 Å². The SMILES string of the molecule is CS(=O)(=O)Nc1ccc(Oc2ccccc2C(=N)N)nc1Oc1ccccc1C(=N)N. The lowest BCUT2D eigenvalue weighted by Gasteiger charge is -2.15. The van der Waals surface area contributed by atoms with Crippen LogP contribution in [0.5, 0.6) is 23.3 Å². The van der Waals surface area contributed by atoms with Gasteiger partial charge in [0.2, 0.25) is 21.8 Å². The van der Waals surface area contributed by atoms with Crippen molar-refractivity contribution in [3.05, 3.63) is 71.8 Å². The predicted molar refractivity (Wildman–Crippen MR) is 118 cm³/mol. The highest BCUT2D eigenvalue weighted by molar-refractivity contribution is 7.92. The van der Waals surface area contributed by atoms with Gasteiger partial charge in [0.15, 0.2) is 0 Å². The van der Waals surface area contributed by atoms with Gasteiger partial charge in [-0.3, -0.25) is 15.5 Å². The number of ether oxygens (including phenoxy) is 2. The second-order valence-electron chi connectivity index (χ2n) is 6.40. The summed E-state index contributed by atoms with van der Waals surface area (Å²) in [7, 11) is -3.63. The van der Waals surface area contributed by atoms with Gasteiger partial charge in [-0.2, -0.15) is 4.98 Å². The van der Waals surface area contributed by atoms with Crippen LogP contribution in [0.3, 0.4) is 0 Å². The number of aromatic nitrogens is 1. The van der Waals surface area contributed by atoms with Gasteiger partial charge in [0.1, 0.15) is 28.9 Å². The zero-order valence-electron chi connectivity index (χ0n) is 16.4. The molecule has 0 saturated heterocycles. The Labute approximate surface area is 178 Å². The van der Waals surface area contributed by atoms with Crippen LogP contribution in [0.25, 0.3) is 0 Å². The second kappa shape index (κ2) is 8.71. The molecule has 10 nitrogen and oxygen atoms in total. The Kier molecular flexibility index (Phi) is 6.07. The van der Waals surface area contributed by atoms with Gasteiger partial charge in [-0.15, -0.1) is 0 Å². The number of hydrogen-bond donors (Lipinski definition) is 5. The standard InChI is InChI=1S/C20H20N6O4S/c1-31(27,28)26-14-10-11-17(29-15-8-4-2-6-12(15)18(21)22)25-20(14)30-16-9-5-3-7-13(16)19(23)24/h2-11,26H,1H3,(H3,21,22)(H3,23,24). The third-order valence-corrected chi connectivity index (χ3v) is 4.50. The zero-order chi connectivity index (χ0) is 22.6. The molecule has 0 radical (unpaired) electrons. The van der Waals surface area contributed by atoms with Gasteiger partial charge < -0.3 is 20.9 Å². The van der Waals surface area contributed by atoms with Crippen molar-refractivity contribution < 1.29 is 17.9 Å². The molecule has 0 unspecified atom stereocenters. The van der Waals surface area contributed by atoms with Crippen LogP contribution in [0.1, 0.15) is 11.1 Å². The molecule has 0 spiro atoms. The first-order valence-electron chi connectivity index (χ1n) is 8.85. The normalized spacial score (nSPS) is 10.9. The van der Waals surface area contributed by atoms with E-state index in [1.807, 2.05) is 0 Å². The molecule has 3 rings (SSSR count). The molecule has 11 heteroatoms. The highest BCUT2D eigenvalue weighted by atomic mass is 32.2. The zero-order valence-corrected chi connectivity index (χ0v) is 17.2.